The van der Waals surface area contributed by atoms with Gasteiger partial charge < -0.3 is 5.32 Å². The number of carbonyl (C=O) groups excluding carboxylic acids is 2. The zero-order valence-electron chi connectivity index (χ0n) is 18.7. The molecule has 0 saturated carbocycles. The normalized spacial score (nSPS) is 11.0. The standard InChI is InChI=1S/C27H21BrN2O4S/c1-18-11-14-21(15-12-18)35(33,34)30-25-10-6-5-9-22(25)27(32)29-24-16-13-20(28)17-23(24)26(31)19-7-3-2-4-8-19/h2-17,30H,1H3,(H,29,32). The Bertz CT molecular complexity index is 1500. The highest BCUT2D eigenvalue weighted by molar-refractivity contribution is 9.10. The zero-order chi connectivity index (χ0) is 25.0. The summed E-state index contributed by atoms with van der Waals surface area (Å²) in [5.41, 5.74) is 2.26. The molecule has 0 aliphatic rings. The second-order valence-corrected chi connectivity index (χ2v) is 10.4. The Morgan fingerprint density at radius 3 is 2.11 bits per heavy atom. The third-order valence-electron chi connectivity index (χ3n) is 5.26. The van der Waals surface area contributed by atoms with Crippen molar-refractivity contribution >= 4 is 49.0 Å². The van der Waals surface area contributed by atoms with Crippen molar-refractivity contribution in [3.63, 3.8) is 0 Å². The SMILES string of the molecule is Cc1ccc(S(=O)(=O)Nc2ccccc2C(=O)Nc2ccc(Br)cc2C(=O)c2ccccc2)cc1. The summed E-state index contributed by atoms with van der Waals surface area (Å²) >= 11 is 3.38. The first-order chi connectivity index (χ1) is 16.7. The second kappa shape index (κ2) is 10.2. The van der Waals surface area contributed by atoms with Gasteiger partial charge in [0, 0.05) is 15.6 Å². The first kappa shape index (κ1) is 24.4. The fraction of sp³-hybridized carbons (Fsp3) is 0.0370. The number of anilines is 2. The van der Waals surface area contributed by atoms with Crippen molar-refractivity contribution in [2.24, 2.45) is 0 Å². The van der Waals surface area contributed by atoms with Crippen LogP contribution in [0.15, 0.2) is 106 Å². The molecule has 0 spiro atoms. The lowest BCUT2D eigenvalue weighted by molar-refractivity contribution is 0.102. The number of amides is 1. The molecule has 0 aliphatic carbocycles. The summed E-state index contributed by atoms with van der Waals surface area (Å²) in [5, 5.41) is 2.76. The third-order valence-corrected chi connectivity index (χ3v) is 7.13. The molecule has 2 N–H and O–H groups in total. The molecule has 0 aliphatic heterocycles. The molecule has 1 amide bonds. The van der Waals surface area contributed by atoms with Crippen molar-refractivity contribution in [2.45, 2.75) is 11.8 Å². The quantitative estimate of drug-likeness (QED) is 0.275. The minimum absolute atomic E-state index is 0.0852. The molecule has 0 radical (unpaired) electrons. The number of sulfonamides is 1. The number of ketones is 1. The van der Waals surface area contributed by atoms with Crippen LogP contribution >= 0.6 is 15.9 Å². The van der Waals surface area contributed by atoms with Gasteiger partial charge in [-0.05, 0) is 49.4 Å². The highest BCUT2D eigenvalue weighted by atomic mass is 79.9. The van der Waals surface area contributed by atoms with E-state index in [4.69, 9.17) is 0 Å². The lowest BCUT2D eigenvalue weighted by atomic mass is 10.0. The van der Waals surface area contributed by atoms with E-state index in [1.165, 1.54) is 24.3 Å². The molecule has 0 bridgehead atoms. The third kappa shape index (κ3) is 5.67. The van der Waals surface area contributed by atoms with E-state index in [1.807, 2.05) is 13.0 Å². The molecule has 0 heterocycles. The van der Waals surface area contributed by atoms with Gasteiger partial charge >= 0.3 is 0 Å². The van der Waals surface area contributed by atoms with Crippen molar-refractivity contribution in [2.75, 3.05) is 10.0 Å². The fourth-order valence-corrected chi connectivity index (χ4v) is 4.88. The molecule has 0 saturated heterocycles. The van der Waals surface area contributed by atoms with Gasteiger partial charge in [-0.25, -0.2) is 8.42 Å². The molecule has 0 fully saturated rings. The predicted octanol–water partition coefficient (Wildman–Crippen LogP) is 6.04. The fourth-order valence-electron chi connectivity index (χ4n) is 3.44. The summed E-state index contributed by atoms with van der Waals surface area (Å²) in [5.74, 6) is -0.813. The lowest BCUT2D eigenvalue weighted by Gasteiger charge is -2.15. The van der Waals surface area contributed by atoms with Crippen LogP contribution in [0, 0.1) is 6.92 Å². The van der Waals surface area contributed by atoms with Gasteiger partial charge in [-0.1, -0.05) is 76.1 Å². The van der Waals surface area contributed by atoms with E-state index in [1.54, 1.807) is 66.7 Å². The number of para-hydroxylation sites is 1. The maximum atomic E-state index is 13.2. The summed E-state index contributed by atoms with van der Waals surface area (Å²) in [4.78, 5) is 26.4. The van der Waals surface area contributed by atoms with Crippen LogP contribution in [0.4, 0.5) is 11.4 Å². The molecule has 4 aromatic carbocycles. The number of nitrogens with one attached hydrogen (secondary N) is 2. The molecule has 176 valence electrons. The number of carbonyl (C=O) groups is 2. The van der Waals surface area contributed by atoms with Gasteiger partial charge in [0.1, 0.15) is 0 Å². The van der Waals surface area contributed by atoms with E-state index in [0.717, 1.165) is 5.56 Å². The Morgan fingerprint density at radius 1 is 0.743 bits per heavy atom. The predicted molar refractivity (Wildman–Crippen MR) is 140 cm³/mol. The van der Waals surface area contributed by atoms with Gasteiger partial charge in [-0.2, -0.15) is 0 Å². The van der Waals surface area contributed by atoms with Crippen LogP contribution in [0.2, 0.25) is 0 Å². The van der Waals surface area contributed by atoms with Crippen LogP contribution in [0.5, 0.6) is 0 Å². The van der Waals surface area contributed by atoms with Gasteiger partial charge in [-0.15, -0.1) is 0 Å². The average molecular weight is 549 g/mol. The molecule has 0 atom stereocenters. The molecule has 6 nitrogen and oxygen atoms in total. The lowest BCUT2D eigenvalue weighted by Crippen LogP contribution is -2.19. The maximum Gasteiger partial charge on any atom is 0.261 e. The van der Waals surface area contributed by atoms with Crippen molar-refractivity contribution in [3.8, 4) is 0 Å². The monoisotopic (exact) mass is 548 g/mol. The maximum absolute atomic E-state index is 13.2. The van der Waals surface area contributed by atoms with Gasteiger partial charge in [0.2, 0.25) is 0 Å². The largest absolute Gasteiger partial charge is 0.321 e. The Kier molecular flexibility index (Phi) is 7.14. The Hall–Kier alpha value is -3.75. The van der Waals surface area contributed by atoms with Gasteiger partial charge in [0.05, 0.1) is 21.8 Å². The van der Waals surface area contributed by atoms with E-state index >= 15 is 0 Å². The molecular formula is C27H21BrN2O4S. The summed E-state index contributed by atoms with van der Waals surface area (Å²) < 4.78 is 29.0. The topological polar surface area (TPSA) is 92.3 Å². The summed E-state index contributed by atoms with van der Waals surface area (Å²) in [6, 6.07) is 26.4. The van der Waals surface area contributed by atoms with Crippen LogP contribution < -0.4 is 10.0 Å². The van der Waals surface area contributed by atoms with E-state index in [0.29, 0.717) is 21.3 Å². The minimum atomic E-state index is -3.91. The smallest absolute Gasteiger partial charge is 0.261 e. The van der Waals surface area contributed by atoms with Crippen molar-refractivity contribution in [1.29, 1.82) is 0 Å². The Balaban J connectivity index is 1.64. The highest BCUT2D eigenvalue weighted by Gasteiger charge is 2.21. The first-order valence-electron chi connectivity index (χ1n) is 10.6. The van der Waals surface area contributed by atoms with E-state index in [2.05, 4.69) is 26.0 Å². The second-order valence-electron chi connectivity index (χ2n) is 7.80. The number of aryl methyl sites for hydroxylation is 1. The summed E-state index contributed by atoms with van der Waals surface area (Å²) in [6.07, 6.45) is 0. The molecule has 0 aromatic heterocycles. The molecule has 8 heteroatoms. The van der Waals surface area contributed by atoms with E-state index < -0.39 is 15.9 Å². The number of benzene rings is 4. The van der Waals surface area contributed by atoms with Crippen molar-refractivity contribution in [3.05, 3.63) is 124 Å². The van der Waals surface area contributed by atoms with E-state index in [-0.39, 0.29) is 21.9 Å². The highest BCUT2D eigenvalue weighted by Crippen LogP contribution is 2.26. The first-order valence-corrected chi connectivity index (χ1v) is 12.9. The number of rotatable bonds is 7. The Morgan fingerprint density at radius 2 is 1.40 bits per heavy atom. The molecule has 4 aromatic rings. The number of hydrogen-bond acceptors (Lipinski definition) is 4. The van der Waals surface area contributed by atoms with E-state index in [9.17, 15) is 18.0 Å². The number of halogens is 1. The summed E-state index contributed by atoms with van der Waals surface area (Å²) in [6.45, 7) is 1.86. The molecule has 4 rings (SSSR count). The van der Waals surface area contributed by atoms with Gasteiger partial charge in [-0.3, -0.25) is 14.3 Å². The molecule has 35 heavy (non-hydrogen) atoms. The number of hydrogen-bond donors (Lipinski definition) is 2. The average Bonchev–Trinajstić information content (AvgIpc) is 2.85. The van der Waals surface area contributed by atoms with Gasteiger partial charge in [0.15, 0.2) is 5.78 Å². The van der Waals surface area contributed by atoms with Gasteiger partial charge in [0.25, 0.3) is 15.9 Å². The van der Waals surface area contributed by atoms with Crippen molar-refractivity contribution < 1.29 is 18.0 Å². The summed E-state index contributed by atoms with van der Waals surface area (Å²) in [7, 11) is -3.91. The molecule has 0 unspecified atom stereocenters. The van der Waals surface area contributed by atoms with Crippen molar-refractivity contribution in [1.82, 2.24) is 0 Å². The minimum Gasteiger partial charge on any atom is -0.321 e. The van der Waals surface area contributed by atoms with Crippen LogP contribution in [-0.4, -0.2) is 20.1 Å². The van der Waals surface area contributed by atoms with Crippen LogP contribution in [0.1, 0.15) is 31.8 Å². The zero-order valence-corrected chi connectivity index (χ0v) is 21.1. The van der Waals surface area contributed by atoms with Crippen LogP contribution in [0.25, 0.3) is 0 Å². The molecular weight excluding hydrogens is 528 g/mol. The Labute approximate surface area is 212 Å². The van der Waals surface area contributed by atoms with Crippen LogP contribution in [0.3, 0.4) is 0 Å². The van der Waals surface area contributed by atoms with Crippen LogP contribution in [-0.2, 0) is 10.0 Å².